The van der Waals surface area contributed by atoms with E-state index in [4.69, 9.17) is 4.74 Å². The van der Waals surface area contributed by atoms with Crippen molar-refractivity contribution < 1.29 is 9.53 Å². The second-order valence-electron chi connectivity index (χ2n) is 3.39. The number of piperidine rings is 1. The van der Waals surface area contributed by atoms with Gasteiger partial charge in [-0.1, -0.05) is 6.92 Å². The molecular formula is C9H17NO2. The van der Waals surface area contributed by atoms with E-state index in [2.05, 4.69) is 12.2 Å². The normalized spacial score (nSPS) is 29.8. The number of carbonyl (C=O) groups is 1. The number of ether oxygens (including phenoxy) is 1. The highest BCUT2D eigenvalue weighted by atomic mass is 16.5. The smallest absolute Gasteiger partial charge is 0.323 e. The minimum atomic E-state index is -0.0935. The fourth-order valence-corrected chi connectivity index (χ4v) is 1.53. The van der Waals surface area contributed by atoms with E-state index < -0.39 is 0 Å². The van der Waals surface area contributed by atoms with E-state index >= 15 is 0 Å². The van der Waals surface area contributed by atoms with Crippen molar-refractivity contribution in [3.05, 3.63) is 0 Å². The Morgan fingerprint density at radius 3 is 3.00 bits per heavy atom. The maximum atomic E-state index is 11.3. The van der Waals surface area contributed by atoms with Crippen molar-refractivity contribution >= 4 is 5.97 Å². The van der Waals surface area contributed by atoms with Gasteiger partial charge in [0, 0.05) is 0 Å². The molecule has 1 saturated heterocycles. The minimum absolute atomic E-state index is 0.0614. The van der Waals surface area contributed by atoms with Crippen LogP contribution in [0.1, 0.15) is 26.7 Å². The third kappa shape index (κ3) is 2.48. The summed E-state index contributed by atoms with van der Waals surface area (Å²) in [5, 5.41) is 3.16. The van der Waals surface area contributed by atoms with Crippen LogP contribution < -0.4 is 5.32 Å². The highest BCUT2D eigenvalue weighted by molar-refractivity contribution is 5.75. The maximum absolute atomic E-state index is 11.3. The third-order valence-corrected chi connectivity index (χ3v) is 2.24. The van der Waals surface area contributed by atoms with Crippen LogP contribution in [-0.4, -0.2) is 25.2 Å². The molecule has 1 heterocycles. The van der Waals surface area contributed by atoms with E-state index in [1.807, 2.05) is 6.92 Å². The lowest BCUT2D eigenvalue weighted by atomic mass is 9.94. The molecule has 0 unspecified atom stereocenters. The topological polar surface area (TPSA) is 38.3 Å². The molecule has 2 atom stereocenters. The molecule has 0 aromatic heterocycles. The summed E-state index contributed by atoms with van der Waals surface area (Å²) in [6, 6.07) is -0.0614. The van der Waals surface area contributed by atoms with Gasteiger partial charge in [-0.3, -0.25) is 4.79 Å². The zero-order chi connectivity index (χ0) is 8.97. The van der Waals surface area contributed by atoms with Crippen LogP contribution in [0, 0.1) is 5.92 Å². The van der Waals surface area contributed by atoms with Crippen LogP contribution in [0.25, 0.3) is 0 Å². The molecule has 1 fully saturated rings. The minimum Gasteiger partial charge on any atom is -0.465 e. The number of hydrogen-bond acceptors (Lipinski definition) is 3. The Balaban J connectivity index is 2.35. The molecule has 0 amide bonds. The Morgan fingerprint density at radius 2 is 2.42 bits per heavy atom. The second-order valence-corrected chi connectivity index (χ2v) is 3.39. The molecule has 1 aliphatic heterocycles. The summed E-state index contributed by atoms with van der Waals surface area (Å²) in [5.41, 5.74) is 0. The Labute approximate surface area is 73.5 Å². The molecule has 0 spiro atoms. The van der Waals surface area contributed by atoms with Crippen molar-refractivity contribution in [2.24, 2.45) is 5.92 Å². The first-order valence-corrected chi connectivity index (χ1v) is 4.64. The van der Waals surface area contributed by atoms with E-state index in [1.54, 1.807) is 0 Å². The Bertz CT molecular complexity index is 159. The highest BCUT2D eigenvalue weighted by Crippen LogP contribution is 2.15. The third-order valence-electron chi connectivity index (χ3n) is 2.24. The van der Waals surface area contributed by atoms with Gasteiger partial charge in [-0.15, -0.1) is 0 Å². The standard InChI is InChI=1S/C9H17NO2/c1-3-12-9(11)8-6-7(2)4-5-10-8/h7-8,10H,3-6H2,1-2H3/t7-,8-/m1/s1. The maximum Gasteiger partial charge on any atom is 0.323 e. The first-order valence-electron chi connectivity index (χ1n) is 4.64. The van der Waals surface area contributed by atoms with Gasteiger partial charge in [0.15, 0.2) is 0 Å². The van der Waals surface area contributed by atoms with E-state index in [0.29, 0.717) is 12.5 Å². The van der Waals surface area contributed by atoms with E-state index in [1.165, 1.54) is 0 Å². The second kappa shape index (κ2) is 4.45. The molecule has 70 valence electrons. The summed E-state index contributed by atoms with van der Waals surface area (Å²) in [6.07, 6.45) is 2.08. The summed E-state index contributed by atoms with van der Waals surface area (Å²) in [4.78, 5) is 11.3. The van der Waals surface area contributed by atoms with Crippen molar-refractivity contribution in [1.82, 2.24) is 5.32 Å². The summed E-state index contributed by atoms with van der Waals surface area (Å²) >= 11 is 0. The lowest BCUT2D eigenvalue weighted by Crippen LogP contribution is -2.43. The molecule has 12 heavy (non-hydrogen) atoms. The summed E-state index contributed by atoms with van der Waals surface area (Å²) in [6.45, 7) is 5.42. The van der Waals surface area contributed by atoms with Crippen LogP contribution in [0.3, 0.4) is 0 Å². The van der Waals surface area contributed by atoms with Crippen LogP contribution in [-0.2, 0) is 9.53 Å². The Morgan fingerprint density at radius 1 is 1.67 bits per heavy atom. The molecule has 1 rings (SSSR count). The van der Waals surface area contributed by atoms with Gasteiger partial charge < -0.3 is 10.1 Å². The lowest BCUT2D eigenvalue weighted by molar-refractivity contribution is -0.146. The van der Waals surface area contributed by atoms with Gasteiger partial charge in [0.05, 0.1) is 6.61 Å². The summed E-state index contributed by atoms with van der Waals surface area (Å²) in [7, 11) is 0. The molecule has 0 radical (unpaired) electrons. The van der Waals surface area contributed by atoms with Crippen molar-refractivity contribution in [3.63, 3.8) is 0 Å². The average Bonchev–Trinajstić information content (AvgIpc) is 2.05. The zero-order valence-corrected chi connectivity index (χ0v) is 7.80. The quantitative estimate of drug-likeness (QED) is 0.628. The summed E-state index contributed by atoms with van der Waals surface area (Å²) in [5.74, 6) is 0.546. The summed E-state index contributed by atoms with van der Waals surface area (Å²) < 4.78 is 4.93. The number of esters is 1. The van der Waals surface area contributed by atoms with Crippen LogP contribution in [0.5, 0.6) is 0 Å². The number of hydrogen-bond donors (Lipinski definition) is 1. The van der Waals surface area contributed by atoms with Gasteiger partial charge >= 0.3 is 5.97 Å². The molecule has 3 nitrogen and oxygen atoms in total. The van der Waals surface area contributed by atoms with Crippen molar-refractivity contribution in [2.45, 2.75) is 32.7 Å². The van der Waals surface area contributed by atoms with Crippen molar-refractivity contribution in [3.8, 4) is 0 Å². The number of carbonyl (C=O) groups excluding carboxylic acids is 1. The molecule has 0 aliphatic carbocycles. The largest absolute Gasteiger partial charge is 0.465 e. The van der Waals surface area contributed by atoms with Gasteiger partial charge in [0.25, 0.3) is 0 Å². The Hall–Kier alpha value is -0.570. The fraction of sp³-hybridized carbons (Fsp3) is 0.889. The van der Waals surface area contributed by atoms with Crippen LogP contribution in [0.4, 0.5) is 0 Å². The van der Waals surface area contributed by atoms with E-state index in [0.717, 1.165) is 19.4 Å². The van der Waals surface area contributed by atoms with E-state index in [-0.39, 0.29) is 12.0 Å². The first kappa shape index (κ1) is 9.52. The first-order chi connectivity index (χ1) is 5.74. The van der Waals surface area contributed by atoms with Crippen molar-refractivity contribution in [1.29, 1.82) is 0 Å². The molecule has 0 aromatic rings. The molecule has 1 aliphatic rings. The number of rotatable bonds is 2. The Kier molecular flexibility index (Phi) is 3.53. The van der Waals surface area contributed by atoms with Crippen molar-refractivity contribution in [2.75, 3.05) is 13.2 Å². The monoisotopic (exact) mass is 171 g/mol. The van der Waals surface area contributed by atoms with Gasteiger partial charge in [-0.2, -0.15) is 0 Å². The molecular weight excluding hydrogens is 154 g/mol. The SMILES string of the molecule is CCOC(=O)[C@H]1C[C@H](C)CCN1. The molecule has 0 saturated carbocycles. The zero-order valence-electron chi connectivity index (χ0n) is 7.80. The van der Waals surface area contributed by atoms with E-state index in [9.17, 15) is 4.79 Å². The van der Waals surface area contributed by atoms with Gasteiger partial charge in [-0.25, -0.2) is 0 Å². The van der Waals surface area contributed by atoms with Gasteiger partial charge in [-0.05, 0) is 32.2 Å². The molecule has 0 aromatic carbocycles. The molecule has 3 heteroatoms. The van der Waals surface area contributed by atoms with Crippen LogP contribution >= 0.6 is 0 Å². The predicted molar refractivity (Wildman–Crippen MR) is 46.8 cm³/mol. The van der Waals surface area contributed by atoms with Crippen LogP contribution in [0.15, 0.2) is 0 Å². The molecule has 1 N–H and O–H groups in total. The van der Waals surface area contributed by atoms with Crippen LogP contribution in [0.2, 0.25) is 0 Å². The fourth-order valence-electron chi connectivity index (χ4n) is 1.53. The lowest BCUT2D eigenvalue weighted by Gasteiger charge is -2.26. The predicted octanol–water partition coefficient (Wildman–Crippen LogP) is 0.938. The average molecular weight is 171 g/mol. The number of nitrogens with one attached hydrogen (secondary N) is 1. The molecule has 0 bridgehead atoms. The van der Waals surface area contributed by atoms with Gasteiger partial charge in [0.2, 0.25) is 0 Å². The van der Waals surface area contributed by atoms with Gasteiger partial charge in [0.1, 0.15) is 6.04 Å². The highest BCUT2D eigenvalue weighted by Gasteiger charge is 2.25.